The monoisotopic (exact) mass is 359 g/mol. The van der Waals surface area contributed by atoms with E-state index in [1.54, 1.807) is 6.07 Å². The summed E-state index contributed by atoms with van der Waals surface area (Å²) in [5.74, 6) is -2.68. The Morgan fingerprint density at radius 2 is 1.76 bits per heavy atom. The van der Waals surface area contributed by atoms with Crippen LogP contribution in [0.15, 0.2) is 40.3 Å². The second-order valence-electron chi connectivity index (χ2n) is 4.98. The van der Waals surface area contributed by atoms with Crippen LogP contribution in [0.5, 0.6) is 0 Å². The quantitative estimate of drug-likeness (QED) is 0.613. The average molecular weight is 360 g/mol. The van der Waals surface area contributed by atoms with Gasteiger partial charge in [-0.25, -0.2) is 4.79 Å². The summed E-state index contributed by atoms with van der Waals surface area (Å²) in [6.07, 6.45) is 1.16. The van der Waals surface area contributed by atoms with Crippen molar-refractivity contribution in [1.29, 1.82) is 0 Å². The molecule has 1 aliphatic heterocycles. The summed E-state index contributed by atoms with van der Waals surface area (Å²) >= 11 is 5.78. The summed E-state index contributed by atoms with van der Waals surface area (Å²) in [4.78, 5) is 45.4. The lowest BCUT2D eigenvalue weighted by Gasteiger charge is -2.13. The van der Waals surface area contributed by atoms with Crippen LogP contribution in [0.2, 0.25) is 5.02 Å². The van der Waals surface area contributed by atoms with Crippen molar-refractivity contribution < 1.29 is 28.7 Å². The molecule has 126 valence electrons. The van der Waals surface area contributed by atoms with Crippen LogP contribution in [0.1, 0.15) is 16.1 Å². The van der Waals surface area contributed by atoms with Gasteiger partial charge in [-0.15, -0.1) is 0 Å². The number of benzene rings is 1. The van der Waals surface area contributed by atoms with Gasteiger partial charge in [0.15, 0.2) is 0 Å². The predicted molar refractivity (Wildman–Crippen MR) is 83.1 cm³/mol. The van der Waals surface area contributed by atoms with Crippen LogP contribution in [0.25, 0.3) is 17.4 Å². The Bertz CT molecular complexity index is 937. The number of amides is 4. The SMILES string of the molecule is O=C1NC(=O)C(=Cc2ccc(-c3ccc(Cl)c(C(=O)[O-])c3)o2)C(=O)N1. The average Bonchev–Trinajstić information content (AvgIpc) is 2.99. The molecular weight excluding hydrogens is 352 g/mol. The van der Waals surface area contributed by atoms with Crippen molar-refractivity contribution in [2.24, 2.45) is 0 Å². The van der Waals surface area contributed by atoms with Gasteiger partial charge in [0.1, 0.15) is 17.1 Å². The molecule has 2 heterocycles. The van der Waals surface area contributed by atoms with Gasteiger partial charge in [0.05, 0.1) is 5.97 Å². The van der Waals surface area contributed by atoms with E-state index in [2.05, 4.69) is 0 Å². The molecule has 9 heteroatoms. The molecule has 25 heavy (non-hydrogen) atoms. The maximum absolute atomic E-state index is 11.7. The summed E-state index contributed by atoms with van der Waals surface area (Å²) in [7, 11) is 0. The highest BCUT2D eigenvalue weighted by molar-refractivity contribution is 6.33. The van der Waals surface area contributed by atoms with E-state index in [0.29, 0.717) is 11.3 Å². The Morgan fingerprint density at radius 3 is 2.40 bits per heavy atom. The minimum atomic E-state index is -1.43. The largest absolute Gasteiger partial charge is 0.545 e. The van der Waals surface area contributed by atoms with Crippen molar-refractivity contribution >= 4 is 41.5 Å². The summed E-state index contributed by atoms with van der Waals surface area (Å²) in [5, 5.41) is 14.9. The number of carboxylic acids is 1. The molecule has 1 aromatic carbocycles. The molecule has 1 fully saturated rings. The Hall–Kier alpha value is -3.39. The molecule has 0 bridgehead atoms. The van der Waals surface area contributed by atoms with Gasteiger partial charge in [0, 0.05) is 16.1 Å². The highest BCUT2D eigenvalue weighted by Crippen LogP contribution is 2.27. The van der Waals surface area contributed by atoms with Gasteiger partial charge in [-0.2, -0.15) is 0 Å². The Balaban J connectivity index is 1.93. The number of rotatable bonds is 3. The number of urea groups is 1. The van der Waals surface area contributed by atoms with Crippen LogP contribution >= 0.6 is 11.6 Å². The van der Waals surface area contributed by atoms with E-state index in [4.69, 9.17) is 16.0 Å². The number of halogens is 1. The third-order valence-corrected chi connectivity index (χ3v) is 3.66. The van der Waals surface area contributed by atoms with E-state index in [-0.39, 0.29) is 21.9 Å². The molecule has 0 unspecified atom stereocenters. The zero-order valence-electron chi connectivity index (χ0n) is 12.3. The number of nitrogens with one attached hydrogen (secondary N) is 2. The number of carboxylic acid groups (broad SMARTS) is 1. The van der Waals surface area contributed by atoms with E-state index in [1.165, 1.54) is 24.3 Å². The van der Waals surface area contributed by atoms with Crippen LogP contribution in [-0.4, -0.2) is 23.8 Å². The van der Waals surface area contributed by atoms with Gasteiger partial charge in [-0.1, -0.05) is 11.6 Å². The first-order valence-electron chi connectivity index (χ1n) is 6.84. The van der Waals surface area contributed by atoms with Crippen molar-refractivity contribution in [3.63, 3.8) is 0 Å². The highest BCUT2D eigenvalue weighted by atomic mass is 35.5. The normalized spacial score (nSPS) is 14.1. The van der Waals surface area contributed by atoms with E-state index in [9.17, 15) is 24.3 Å². The fourth-order valence-corrected chi connectivity index (χ4v) is 2.36. The number of aromatic carboxylic acids is 1. The van der Waals surface area contributed by atoms with Crippen molar-refractivity contribution in [3.8, 4) is 11.3 Å². The first-order chi connectivity index (χ1) is 11.8. The zero-order valence-corrected chi connectivity index (χ0v) is 13.0. The molecule has 1 saturated heterocycles. The molecule has 1 aliphatic rings. The molecule has 2 N–H and O–H groups in total. The number of imide groups is 2. The van der Waals surface area contributed by atoms with Crippen molar-refractivity contribution in [3.05, 3.63) is 52.3 Å². The standard InChI is InChI=1S/C16H9ClN2O6/c17-11-3-1-7(5-9(11)15(22)23)12-4-2-8(25-12)6-10-13(20)18-16(24)19-14(10)21/h1-6H,(H,22,23)(H2,18,19,20,21,24)/p-1. The van der Waals surface area contributed by atoms with Gasteiger partial charge in [0.25, 0.3) is 11.8 Å². The lowest BCUT2D eigenvalue weighted by Crippen LogP contribution is -2.51. The molecule has 0 atom stereocenters. The Labute approximate surface area is 145 Å². The fraction of sp³-hybridized carbons (Fsp3) is 0. The van der Waals surface area contributed by atoms with Crippen LogP contribution in [0.4, 0.5) is 4.79 Å². The Kier molecular flexibility index (Phi) is 4.12. The number of hydrogen-bond acceptors (Lipinski definition) is 6. The molecule has 0 radical (unpaired) electrons. The third-order valence-electron chi connectivity index (χ3n) is 3.33. The van der Waals surface area contributed by atoms with E-state index >= 15 is 0 Å². The number of furan rings is 1. The summed E-state index contributed by atoms with van der Waals surface area (Å²) in [5.41, 5.74) is -0.0759. The predicted octanol–water partition coefficient (Wildman–Crippen LogP) is 0.713. The van der Waals surface area contributed by atoms with Gasteiger partial charge >= 0.3 is 6.03 Å². The molecule has 1 aromatic heterocycles. The third kappa shape index (κ3) is 3.29. The molecule has 8 nitrogen and oxygen atoms in total. The summed E-state index contributed by atoms with van der Waals surface area (Å²) in [6.45, 7) is 0. The van der Waals surface area contributed by atoms with Crippen LogP contribution in [0, 0.1) is 0 Å². The smallest absolute Gasteiger partial charge is 0.328 e. The minimum Gasteiger partial charge on any atom is -0.545 e. The highest BCUT2D eigenvalue weighted by Gasteiger charge is 2.28. The Morgan fingerprint density at radius 1 is 1.08 bits per heavy atom. The second kappa shape index (κ2) is 6.25. The maximum atomic E-state index is 11.7. The van der Waals surface area contributed by atoms with E-state index < -0.39 is 23.8 Å². The van der Waals surface area contributed by atoms with Crippen molar-refractivity contribution in [1.82, 2.24) is 10.6 Å². The molecule has 0 spiro atoms. The topological polar surface area (TPSA) is 129 Å². The molecule has 2 aromatic rings. The fourth-order valence-electron chi connectivity index (χ4n) is 2.17. The second-order valence-corrected chi connectivity index (χ2v) is 5.39. The van der Waals surface area contributed by atoms with Crippen LogP contribution < -0.4 is 15.7 Å². The maximum Gasteiger partial charge on any atom is 0.328 e. The van der Waals surface area contributed by atoms with Crippen molar-refractivity contribution in [2.45, 2.75) is 0 Å². The molecule has 4 amide bonds. The van der Waals surface area contributed by atoms with Gasteiger partial charge in [0.2, 0.25) is 0 Å². The number of hydrogen-bond donors (Lipinski definition) is 2. The van der Waals surface area contributed by atoms with Crippen LogP contribution in [-0.2, 0) is 9.59 Å². The zero-order chi connectivity index (χ0) is 18.1. The summed E-state index contributed by atoms with van der Waals surface area (Å²) < 4.78 is 5.49. The number of barbiturate groups is 1. The first kappa shape index (κ1) is 16.5. The van der Waals surface area contributed by atoms with Crippen molar-refractivity contribution in [2.75, 3.05) is 0 Å². The first-order valence-corrected chi connectivity index (χ1v) is 7.22. The summed E-state index contributed by atoms with van der Waals surface area (Å²) in [6, 6.07) is 6.32. The minimum absolute atomic E-state index is 0.0258. The molecule has 3 rings (SSSR count). The molecular formula is C16H8ClN2O6-. The lowest BCUT2D eigenvalue weighted by molar-refractivity contribution is -0.255. The van der Waals surface area contributed by atoms with E-state index in [1.807, 2.05) is 10.6 Å². The number of carbonyl (C=O) groups is 4. The van der Waals surface area contributed by atoms with Gasteiger partial charge < -0.3 is 14.3 Å². The van der Waals surface area contributed by atoms with Gasteiger partial charge in [-0.05, 0) is 36.4 Å². The number of carbonyl (C=O) groups excluding carboxylic acids is 4. The van der Waals surface area contributed by atoms with Gasteiger partial charge in [-0.3, -0.25) is 20.2 Å². The molecule has 0 saturated carbocycles. The van der Waals surface area contributed by atoms with E-state index in [0.717, 1.165) is 6.08 Å². The van der Waals surface area contributed by atoms with Crippen LogP contribution in [0.3, 0.4) is 0 Å². The molecule has 0 aliphatic carbocycles. The lowest BCUT2D eigenvalue weighted by atomic mass is 10.1.